The largest absolute Gasteiger partial charge is 0.507 e. The number of benzene rings is 2. The number of hydrogen-bond donors (Lipinski definition) is 1. The molecule has 41 heavy (non-hydrogen) atoms. The zero-order chi connectivity index (χ0) is 28.8. The van der Waals surface area contributed by atoms with E-state index in [1.165, 1.54) is 29.4 Å². The van der Waals surface area contributed by atoms with Gasteiger partial charge in [-0.05, 0) is 29.8 Å². The number of fused-ring (bicyclic) bond motifs is 5. The number of methoxy groups -OCH3 is 1. The van der Waals surface area contributed by atoms with Crippen molar-refractivity contribution >= 4 is 28.2 Å². The van der Waals surface area contributed by atoms with Crippen molar-refractivity contribution in [1.29, 1.82) is 5.26 Å². The molecule has 4 heterocycles. The number of likely N-dealkylation sites (N-methyl/N-ethyl adjacent to an activating group) is 1. The van der Waals surface area contributed by atoms with Crippen LogP contribution in [0, 0.1) is 23.0 Å². The number of nitriles is 1. The minimum absolute atomic E-state index is 0.0598. The summed E-state index contributed by atoms with van der Waals surface area (Å²) in [5.74, 6) is -1.54. The molecule has 1 N–H and O–H groups in total. The van der Waals surface area contributed by atoms with Crippen LogP contribution in [0.3, 0.4) is 0 Å². The SMILES string of the molecule is COc1ccc(CN2CC3C(=O)N(C)c4cnc5c(F)c(-c6c(O)cccc6F)ncc5c4N3CC2CC#N)cc1. The molecule has 11 heteroatoms. The van der Waals surface area contributed by atoms with Gasteiger partial charge in [0.1, 0.15) is 34.6 Å². The summed E-state index contributed by atoms with van der Waals surface area (Å²) >= 11 is 0. The number of aromatic hydroxyl groups is 1. The van der Waals surface area contributed by atoms with Crippen LogP contribution in [-0.2, 0) is 11.3 Å². The highest BCUT2D eigenvalue weighted by Gasteiger charge is 2.44. The lowest BCUT2D eigenvalue weighted by Gasteiger charge is -2.50. The van der Waals surface area contributed by atoms with Crippen LogP contribution in [0.15, 0.2) is 54.9 Å². The van der Waals surface area contributed by atoms with E-state index in [0.717, 1.165) is 17.4 Å². The lowest BCUT2D eigenvalue weighted by Crippen LogP contribution is -2.65. The minimum atomic E-state index is -0.881. The standard InChI is InChI=1S/C30H26F2N6O3/c1-36-22-13-35-27-20(12-34-28(26(27)32)25-21(31)4-3-5-24(25)39)29(22)38-15-18(10-11-33)37(16-23(38)30(36)40)14-17-6-8-19(41-2)9-7-17/h3-9,12-13,18,23,39H,10,14-16H2,1-2H3. The van der Waals surface area contributed by atoms with E-state index in [2.05, 4.69) is 20.9 Å². The molecule has 2 aromatic carbocycles. The summed E-state index contributed by atoms with van der Waals surface area (Å²) < 4.78 is 35.7. The topological polar surface area (TPSA) is 106 Å². The van der Waals surface area contributed by atoms with Crippen LogP contribution in [0.5, 0.6) is 11.5 Å². The predicted octanol–water partition coefficient (Wildman–Crippen LogP) is 4.24. The molecule has 4 aromatic rings. The van der Waals surface area contributed by atoms with E-state index in [1.807, 2.05) is 29.2 Å². The van der Waals surface area contributed by atoms with E-state index >= 15 is 4.39 Å². The van der Waals surface area contributed by atoms with Crippen LogP contribution < -0.4 is 14.5 Å². The lowest BCUT2D eigenvalue weighted by atomic mass is 9.96. The fraction of sp³-hybridized carbons (Fsp3) is 0.267. The van der Waals surface area contributed by atoms with Gasteiger partial charge in [0.25, 0.3) is 5.91 Å². The zero-order valence-corrected chi connectivity index (χ0v) is 22.4. The number of halogens is 2. The molecular formula is C30H26F2N6O3. The normalized spacial score (nSPS) is 18.7. The second kappa shape index (κ2) is 10.3. The Hall–Kier alpha value is -4.82. The number of phenols is 1. The summed E-state index contributed by atoms with van der Waals surface area (Å²) in [6, 6.07) is 12.8. The summed E-state index contributed by atoms with van der Waals surface area (Å²) in [4.78, 5) is 27.6. The Balaban J connectivity index is 1.43. The molecule has 9 nitrogen and oxygen atoms in total. The van der Waals surface area contributed by atoms with Gasteiger partial charge in [0, 0.05) is 44.3 Å². The molecule has 2 unspecified atom stereocenters. The Bertz CT molecular complexity index is 1690. The third kappa shape index (κ3) is 4.37. The van der Waals surface area contributed by atoms with E-state index < -0.39 is 23.4 Å². The van der Waals surface area contributed by atoms with Gasteiger partial charge in [0.15, 0.2) is 5.82 Å². The van der Waals surface area contributed by atoms with Gasteiger partial charge in [-0.1, -0.05) is 18.2 Å². The van der Waals surface area contributed by atoms with Crippen molar-refractivity contribution in [3.8, 4) is 28.8 Å². The number of nitrogens with zero attached hydrogens (tertiary/aromatic N) is 6. The first-order valence-electron chi connectivity index (χ1n) is 13.1. The van der Waals surface area contributed by atoms with Crippen LogP contribution in [0.2, 0.25) is 0 Å². The van der Waals surface area contributed by atoms with E-state index in [9.17, 15) is 19.6 Å². The molecule has 1 fully saturated rings. The Kier molecular flexibility index (Phi) is 6.63. The zero-order valence-electron chi connectivity index (χ0n) is 22.4. The van der Waals surface area contributed by atoms with Crippen molar-refractivity contribution in [3.63, 3.8) is 0 Å². The molecule has 2 aromatic heterocycles. The number of ether oxygens (including phenoxy) is 1. The molecule has 0 aliphatic carbocycles. The van der Waals surface area contributed by atoms with Crippen molar-refractivity contribution in [2.24, 2.45) is 0 Å². The van der Waals surface area contributed by atoms with Crippen LogP contribution >= 0.6 is 0 Å². The van der Waals surface area contributed by atoms with Gasteiger partial charge in [-0.2, -0.15) is 5.26 Å². The second-order valence-corrected chi connectivity index (χ2v) is 10.2. The van der Waals surface area contributed by atoms with Crippen LogP contribution in [0.4, 0.5) is 20.2 Å². The highest BCUT2D eigenvalue weighted by Crippen LogP contribution is 2.44. The number of piperazine rings is 1. The van der Waals surface area contributed by atoms with E-state index in [1.54, 1.807) is 14.2 Å². The van der Waals surface area contributed by atoms with Gasteiger partial charge in [-0.15, -0.1) is 0 Å². The van der Waals surface area contributed by atoms with Gasteiger partial charge in [-0.3, -0.25) is 19.7 Å². The average molecular weight is 557 g/mol. The molecule has 2 aliphatic rings. The Morgan fingerprint density at radius 2 is 1.90 bits per heavy atom. The van der Waals surface area contributed by atoms with Gasteiger partial charge in [0.05, 0.1) is 42.7 Å². The second-order valence-electron chi connectivity index (χ2n) is 10.2. The van der Waals surface area contributed by atoms with E-state index in [0.29, 0.717) is 36.4 Å². The van der Waals surface area contributed by atoms with Crippen molar-refractivity contribution in [2.45, 2.75) is 25.0 Å². The average Bonchev–Trinajstić information content (AvgIpc) is 2.97. The van der Waals surface area contributed by atoms with Gasteiger partial charge in [0.2, 0.25) is 0 Å². The van der Waals surface area contributed by atoms with Crippen molar-refractivity contribution in [2.75, 3.05) is 37.0 Å². The smallest absolute Gasteiger partial charge is 0.250 e. The minimum Gasteiger partial charge on any atom is -0.507 e. The third-order valence-electron chi connectivity index (χ3n) is 7.88. The number of pyridine rings is 2. The highest BCUT2D eigenvalue weighted by molar-refractivity contribution is 6.11. The van der Waals surface area contributed by atoms with Crippen LogP contribution in [-0.4, -0.2) is 65.2 Å². The van der Waals surface area contributed by atoms with Crippen molar-refractivity contribution in [3.05, 3.63) is 72.1 Å². The molecule has 0 spiro atoms. The van der Waals surface area contributed by atoms with Gasteiger partial charge in [-0.25, -0.2) is 8.78 Å². The fourth-order valence-electron chi connectivity index (χ4n) is 5.77. The molecule has 0 bridgehead atoms. The third-order valence-corrected chi connectivity index (χ3v) is 7.88. The fourth-order valence-corrected chi connectivity index (χ4v) is 5.77. The molecule has 2 atom stereocenters. The lowest BCUT2D eigenvalue weighted by molar-refractivity contribution is -0.121. The summed E-state index contributed by atoms with van der Waals surface area (Å²) in [7, 11) is 3.25. The Morgan fingerprint density at radius 3 is 2.61 bits per heavy atom. The number of anilines is 2. The molecular weight excluding hydrogens is 530 g/mol. The number of aromatic nitrogens is 2. The van der Waals surface area contributed by atoms with Crippen molar-refractivity contribution in [1.82, 2.24) is 14.9 Å². The number of rotatable bonds is 5. The van der Waals surface area contributed by atoms with Gasteiger partial charge < -0.3 is 19.6 Å². The highest BCUT2D eigenvalue weighted by atomic mass is 19.1. The molecule has 1 saturated heterocycles. The molecule has 1 amide bonds. The first-order valence-corrected chi connectivity index (χ1v) is 13.1. The van der Waals surface area contributed by atoms with Crippen LogP contribution in [0.25, 0.3) is 22.2 Å². The molecule has 2 aliphatic heterocycles. The maximum atomic E-state index is 15.9. The Labute approximate surface area is 234 Å². The number of carbonyl (C=O) groups is 1. The number of phenolic OH excluding ortho intramolecular Hbond substituents is 1. The first-order chi connectivity index (χ1) is 19.8. The summed E-state index contributed by atoms with van der Waals surface area (Å²) in [5, 5.41) is 20.2. The molecule has 208 valence electrons. The maximum absolute atomic E-state index is 15.9. The number of amides is 1. The quantitative estimate of drug-likeness (QED) is 0.389. The van der Waals surface area contributed by atoms with E-state index in [4.69, 9.17) is 4.74 Å². The van der Waals surface area contributed by atoms with Crippen LogP contribution in [0.1, 0.15) is 12.0 Å². The number of hydrogen-bond acceptors (Lipinski definition) is 8. The van der Waals surface area contributed by atoms with Crippen molar-refractivity contribution < 1.29 is 23.4 Å². The van der Waals surface area contributed by atoms with E-state index in [-0.39, 0.29) is 35.1 Å². The summed E-state index contributed by atoms with van der Waals surface area (Å²) in [5.41, 5.74) is 1.31. The molecule has 0 radical (unpaired) electrons. The summed E-state index contributed by atoms with van der Waals surface area (Å²) in [6.07, 6.45) is 3.04. The monoisotopic (exact) mass is 556 g/mol. The first kappa shape index (κ1) is 26.4. The Morgan fingerprint density at radius 1 is 1.12 bits per heavy atom. The summed E-state index contributed by atoms with van der Waals surface area (Å²) in [6.45, 7) is 1.23. The molecule has 6 rings (SSSR count). The molecule has 0 saturated carbocycles. The maximum Gasteiger partial charge on any atom is 0.250 e. The van der Waals surface area contributed by atoms with Gasteiger partial charge >= 0.3 is 0 Å². The number of carbonyl (C=O) groups excluding carboxylic acids is 1. The predicted molar refractivity (Wildman–Crippen MR) is 149 cm³/mol.